The Labute approximate surface area is 170 Å². The number of hydrogen-bond donors (Lipinski definition) is 0. The zero-order chi connectivity index (χ0) is 20.8. The highest BCUT2D eigenvalue weighted by atomic mass is 19.1. The van der Waals surface area contributed by atoms with Crippen LogP contribution in [0.1, 0.15) is 46.0 Å². The van der Waals surface area contributed by atoms with Crippen molar-refractivity contribution in [2.24, 2.45) is 0 Å². The molecule has 1 heterocycles. The molecule has 6 heteroatoms. The number of piperazine rings is 1. The third kappa shape index (κ3) is 5.28. The predicted molar refractivity (Wildman–Crippen MR) is 108 cm³/mol. The highest BCUT2D eigenvalue weighted by Crippen LogP contribution is 2.13. The molecule has 0 unspecified atom stereocenters. The summed E-state index contributed by atoms with van der Waals surface area (Å²) in [5, 5.41) is 0. The molecule has 0 aromatic heterocycles. The van der Waals surface area contributed by atoms with Crippen LogP contribution in [0.2, 0.25) is 0 Å². The van der Waals surface area contributed by atoms with Crippen molar-refractivity contribution in [1.29, 1.82) is 0 Å². The molecule has 1 fully saturated rings. The molecule has 2 aromatic rings. The maximum atomic E-state index is 13.3. The van der Waals surface area contributed by atoms with Crippen molar-refractivity contribution in [2.75, 3.05) is 26.2 Å². The third-order valence-electron chi connectivity index (χ3n) is 5.24. The Balaban J connectivity index is 1.47. The van der Waals surface area contributed by atoms with Crippen LogP contribution in [0.25, 0.3) is 0 Å². The lowest BCUT2D eigenvalue weighted by Crippen LogP contribution is -2.50. The van der Waals surface area contributed by atoms with E-state index in [1.165, 1.54) is 23.8 Å². The summed E-state index contributed by atoms with van der Waals surface area (Å²) in [4.78, 5) is 40.5. The second kappa shape index (κ2) is 9.45. The molecule has 152 valence electrons. The summed E-state index contributed by atoms with van der Waals surface area (Å²) in [5.74, 6) is -0.803. The predicted octanol–water partition coefficient (Wildman–Crippen LogP) is 3.34. The lowest BCUT2D eigenvalue weighted by Gasteiger charge is -2.35. The second-order valence-electron chi connectivity index (χ2n) is 7.16. The molecule has 0 bridgehead atoms. The van der Waals surface area contributed by atoms with E-state index in [2.05, 4.69) is 6.92 Å². The standard InChI is InChI=1S/C23H25FN2O3/c1-2-17-6-8-18(9-7-17)21(27)10-11-22(28)25-12-14-26(15-13-25)23(29)19-4-3-5-20(24)16-19/h3-9,16H,2,10-15H2,1H3. The molecule has 1 aliphatic rings. The number of ketones is 1. The van der Waals surface area contributed by atoms with Gasteiger partial charge in [0.05, 0.1) is 0 Å². The number of Topliss-reactive ketones (excluding diaryl/α,β-unsaturated/α-hetero) is 1. The quantitative estimate of drug-likeness (QED) is 0.704. The summed E-state index contributed by atoms with van der Waals surface area (Å²) < 4.78 is 13.3. The molecule has 29 heavy (non-hydrogen) atoms. The van der Waals surface area contributed by atoms with Crippen molar-refractivity contribution in [3.8, 4) is 0 Å². The van der Waals surface area contributed by atoms with E-state index < -0.39 is 5.82 Å². The van der Waals surface area contributed by atoms with Crippen molar-refractivity contribution >= 4 is 17.6 Å². The smallest absolute Gasteiger partial charge is 0.254 e. The zero-order valence-electron chi connectivity index (χ0n) is 16.6. The first kappa shape index (κ1) is 20.7. The number of halogens is 1. The van der Waals surface area contributed by atoms with E-state index in [9.17, 15) is 18.8 Å². The first-order chi connectivity index (χ1) is 14.0. The van der Waals surface area contributed by atoms with Gasteiger partial charge in [0.15, 0.2) is 5.78 Å². The van der Waals surface area contributed by atoms with Crippen molar-refractivity contribution in [2.45, 2.75) is 26.2 Å². The van der Waals surface area contributed by atoms with Crippen LogP contribution >= 0.6 is 0 Å². The van der Waals surface area contributed by atoms with Crippen molar-refractivity contribution in [1.82, 2.24) is 9.80 Å². The molecule has 0 radical (unpaired) electrons. The monoisotopic (exact) mass is 396 g/mol. The normalized spacial score (nSPS) is 14.0. The van der Waals surface area contributed by atoms with E-state index in [0.717, 1.165) is 6.42 Å². The van der Waals surface area contributed by atoms with Crippen molar-refractivity contribution in [3.05, 3.63) is 71.0 Å². The van der Waals surface area contributed by atoms with E-state index in [1.54, 1.807) is 15.9 Å². The highest BCUT2D eigenvalue weighted by Gasteiger charge is 2.25. The fraction of sp³-hybridized carbons (Fsp3) is 0.348. The van der Waals surface area contributed by atoms with Crippen LogP contribution in [0.5, 0.6) is 0 Å². The number of nitrogens with zero attached hydrogens (tertiary/aromatic N) is 2. The van der Waals surface area contributed by atoms with Crippen LogP contribution in [0, 0.1) is 5.82 Å². The average molecular weight is 396 g/mol. The first-order valence-electron chi connectivity index (χ1n) is 9.92. The molecule has 5 nitrogen and oxygen atoms in total. The lowest BCUT2D eigenvalue weighted by atomic mass is 10.0. The Bertz CT molecular complexity index is 887. The van der Waals surface area contributed by atoms with Gasteiger partial charge in [-0.1, -0.05) is 37.3 Å². The van der Waals surface area contributed by atoms with E-state index in [4.69, 9.17) is 0 Å². The van der Waals surface area contributed by atoms with Gasteiger partial charge >= 0.3 is 0 Å². The van der Waals surface area contributed by atoms with Gasteiger partial charge in [-0.2, -0.15) is 0 Å². The molecule has 0 saturated carbocycles. The molecule has 2 amide bonds. The van der Waals surface area contributed by atoms with Gasteiger partial charge in [-0.25, -0.2) is 4.39 Å². The van der Waals surface area contributed by atoms with Gasteiger partial charge < -0.3 is 9.80 Å². The minimum atomic E-state index is -0.446. The minimum absolute atomic E-state index is 0.0408. The molecular formula is C23H25FN2O3. The number of carbonyl (C=O) groups excluding carboxylic acids is 3. The molecular weight excluding hydrogens is 371 g/mol. The Hall–Kier alpha value is -3.02. The average Bonchev–Trinajstić information content (AvgIpc) is 2.77. The Kier molecular flexibility index (Phi) is 6.75. The van der Waals surface area contributed by atoms with Gasteiger partial charge in [-0.15, -0.1) is 0 Å². The molecule has 0 atom stereocenters. The molecule has 0 spiro atoms. The maximum Gasteiger partial charge on any atom is 0.254 e. The van der Waals surface area contributed by atoms with Crippen LogP contribution in [0.15, 0.2) is 48.5 Å². The zero-order valence-corrected chi connectivity index (χ0v) is 16.6. The first-order valence-corrected chi connectivity index (χ1v) is 9.92. The largest absolute Gasteiger partial charge is 0.339 e. The summed E-state index contributed by atoms with van der Waals surface area (Å²) in [6.45, 7) is 3.68. The summed E-state index contributed by atoms with van der Waals surface area (Å²) in [7, 11) is 0. The minimum Gasteiger partial charge on any atom is -0.339 e. The number of hydrogen-bond acceptors (Lipinski definition) is 3. The Morgan fingerprint density at radius 1 is 0.862 bits per heavy atom. The number of benzene rings is 2. The Morgan fingerprint density at radius 3 is 2.14 bits per heavy atom. The van der Waals surface area contributed by atoms with Gasteiger partial charge in [0.2, 0.25) is 5.91 Å². The van der Waals surface area contributed by atoms with Crippen LogP contribution < -0.4 is 0 Å². The lowest BCUT2D eigenvalue weighted by molar-refractivity contribution is -0.132. The second-order valence-corrected chi connectivity index (χ2v) is 7.16. The molecule has 3 rings (SSSR count). The van der Waals surface area contributed by atoms with E-state index in [1.807, 2.05) is 24.3 Å². The summed E-state index contributed by atoms with van der Waals surface area (Å²) in [6.07, 6.45) is 1.25. The molecule has 2 aromatic carbocycles. The number of carbonyl (C=O) groups is 3. The number of amides is 2. The van der Waals surface area contributed by atoms with Crippen LogP contribution in [-0.4, -0.2) is 53.6 Å². The van der Waals surface area contributed by atoms with E-state index in [-0.39, 0.29) is 30.4 Å². The van der Waals surface area contributed by atoms with Gasteiger partial charge in [-0.05, 0) is 30.2 Å². The van der Waals surface area contributed by atoms with Gasteiger partial charge in [0.1, 0.15) is 5.82 Å². The molecule has 0 aliphatic carbocycles. The molecule has 0 N–H and O–H groups in total. The van der Waals surface area contributed by atoms with Gasteiger partial charge in [-0.3, -0.25) is 14.4 Å². The van der Waals surface area contributed by atoms with Crippen LogP contribution in [-0.2, 0) is 11.2 Å². The summed E-state index contributed by atoms with van der Waals surface area (Å²) in [6, 6.07) is 13.1. The van der Waals surface area contributed by atoms with Crippen molar-refractivity contribution in [3.63, 3.8) is 0 Å². The highest BCUT2D eigenvalue weighted by molar-refractivity contribution is 5.98. The maximum absolute atomic E-state index is 13.3. The van der Waals surface area contributed by atoms with E-state index in [0.29, 0.717) is 37.3 Å². The fourth-order valence-corrected chi connectivity index (χ4v) is 3.41. The van der Waals surface area contributed by atoms with Crippen LogP contribution in [0.3, 0.4) is 0 Å². The third-order valence-corrected chi connectivity index (χ3v) is 5.24. The topological polar surface area (TPSA) is 57.7 Å². The van der Waals surface area contributed by atoms with Crippen LogP contribution in [0.4, 0.5) is 4.39 Å². The Morgan fingerprint density at radius 2 is 1.52 bits per heavy atom. The fourth-order valence-electron chi connectivity index (χ4n) is 3.41. The van der Waals surface area contributed by atoms with Gasteiger partial charge in [0, 0.05) is 50.1 Å². The summed E-state index contributed by atoms with van der Waals surface area (Å²) >= 11 is 0. The molecule has 1 aliphatic heterocycles. The summed E-state index contributed by atoms with van der Waals surface area (Å²) in [5.41, 5.74) is 2.10. The van der Waals surface area contributed by atoms with E-state index >= 15 is 0 Å². The SMILES string of the molecule is CCc1ccc(C(=O)CCC(=O)N2CCN(C(=O)c3cccc(F)c3)CC2)cc1. The number of aryl methyl sites for hydroxylation is 1. The van der Waals surface area contributed by atoms with Gasteiger partial charge in [0.25, 0.3) is 5.91 Å². The number of rotatable bonds is 6. The molecule has 1 saturated heterocycles. The van der Waals surface area contributed by atoms with Crippen molar-refractivity contribution < 1.29 is 18.8 Å².